The summed E-state index contributed by atoms with van der Waals surface area (Å²) in [6.07, 6.45) is 2.09. The zero-order chi connectivity index (χ0) is 15.4. The highest BCUT2D eigenvalue weighted by Gasteiger charge is 2.25. The van der Waals surface area contributed by atoms with Crippen molar-refractivity contribution in [1.82, 2.24) is 4.90 Å². The number of piperidine rings is 1. The maximum atomic E-state index is 12.7. The molecule has 0 unspecified atom stereocenters. The fourth-order valence-electron chi connectivity index (χ4n) is 2.58. The molecule has 1 aliphatic heterocycles. The first-order valence-corrected chi connectivity index (χ1v) is 7.20. The van der Waals surface area contributed by atoms with Gasteiger partial charge in [-0.3, -0.25) is 4.79 Å². The SMILES string of the molecule is COc1cc(OC)c(C(=O)N2CCC(C)CC2)cc1OC. The molecule has 21 heavy (non-hydrogen) atoms. The van der Waals surface area contributed by atoms with Gasteiger partial charge in [0, 0.05) is 25.2 Å². The van der Waals surface area contributed by atoms with Gasteiger partial charge in [0.05, 0.1) is 26.9 Å². The highest BCUT2D eigenvalue weighted by molar-refractivity contribution is 5.97. The molecule has 0 atom stereocenters. The molecule has 2 rings (SSSR count). The minimum atomic E-state index is -0.0142. The van der Waals surface area contributed by atoms with Crippen LogP contribution in [0.15, 0.2) is 12.1 Å². The predicted octanol–water partition coefficient (Wildman–Crippen LogP) is 2.58. The van der Waals surface area contributed by atoms with Crippen LogP contribution in [0, 0.1) is 5.92 Å². The molecule has 0 saturated carbocycles. The fraction of sp³-hybridized carbons (Fsp3) is 0.562. The molecule has 0 radical (unpaired) electrons. The van der Waals surface area contributed by atoms with Crippen LogP contribution in [0.5, 0.6) is 17.2 Å². The van der Waals surface area contributed by atoms with Crippen molar-refractivity contribution in [2.75, 3.05) is 34.4 Å². The Morgan fingerprint density at radius 3 is 2.05 bits per heavy atom. The minimum Gasteiger partial charge on any atom is -0.496 e. The maximum absolute atomic E-state index is 12.7. The van der Waals surface area contributed by atoms with E-state index in [9.17, 15) is 4.79 Å². The first-order chi connectivity index (χ1) is 10.1. The number of likely N-dealkylation sites (tertiary alicyclic amines) is 1. The van der Waals surface area contributed by atoms with Crippen LogP contribution < -0.4 is 14.2 Å². The normalized spacial score (nSPS) is 15.7. The quantitative estimate of drug-likeness (QED) is 0.856. The molecule has 1 heterocycles. The lowest BCUT2D eigenvalue weighted by molar-refractivity contribution is 0.0693. The average Bonchev–Trinajstić information content (AvgIpc) is 2.53. The van der Waals surface area contributed by atoms with Crippen LogP contribution in [0.4, 0.5) is 0 Å². The third kappa shape index (κ3) is 3.23. The summed E-state index contributed by atoms with van der Waals surface area (Å²) in [6.45, 7) is 3.80. The second-order valence-corrected chi connectivity index (χ2v) is 5.38. The van der Waals surface area contributed by atoms with Gasteiger partial charge in [-0.2, -0.15) is 0 Å². The van der Waals surface area contributed by atoms with Crippen molar-refractivity contribution in [2.24, 2.45) is 5.92 Å². The lowest BCUT2D eigenvalue weighted by atomic mass is 9.98. The average molecular weight is 293 g/mol. The predicted molar refractivity (Wildman–Crippen MR) is 80.4 cm³/mol. The summed E-state index contributed by atoms with van der Waals surface area (Å²) in [5.41, 5.74) is 0.518. The Hall–Kier alpha value is -1.91. The van der Waals surface area contributed by atoms with Gasteiger partial charge in [-0.1, -0.05) is 6.92 Å². The number of hydrogen-bond donors (Lipinski definition) is 0. The molecule has 0 N–H and O–H groups in total. The standard InChI is InChI=1S/C16H23NO4/c1-11-5-7-17(8-6-11)16(18)12-9-14(20-3)15(21-4)10-13(12)19-2/h9-11H,5-8H2,1-4H3. The van der Waals surface area contributed by atoms with Crippen LogP contribution in [0.2, 0.25) is 0 Å². The molecular formula is C16H23NO4. The Bertz CT molecular complexity index is 507. The fourth-order valence-corrected chi connectivity index (χ4v) is 2.58. The molecular weight excluding hydrogens is 270 g/mol. The van der Waals surface area contributed by atoms with Gasteiger partial charge >= 0.3 is 0 Å². The monoisotopic (exact) mass is 293 g/mol. The van der Waals surface area contributed by atoms with Crippen LogP contribution >= 0.6 is 0 Å². The van der Waals surface area contributed by atoms with E-state index in [1.165, 1.54) is 0 Å². The van der Waals surface area contributed by atoms with Gasteiger partial charge < -0.3 is 19.1 Å². The molecule has 0 aliphatic carbocycles. The van der Waals surface area contributed by atoms with Crippen molar-refractivity contribution in [1.29, 1.82) is 0 Å². The molecule has 116 valence electrons. The van der Waals surface area contributed by atoms with Crippen LogP contribution in [-0.2, 0) is 0 Å². The van der Waals surface area contributed by atoms with Crippen LogP contribution in [0.3, 0.4) is 0 Å². The summed E-state index contributed by atoms with van der Waals surface area (Å²) in [4.78, 5) is 14.6. The van der Waals surface area contributed by atoms with Gasteiger partial charge in [0.2, 0.25) is 0 Å². The Morgan fingerprint density at radius 1 is 1.00 bits per heavy atom. The van der Waals surface area contributed by atoms with E-state index >= 15 is 0 Å². The minimum absolute atomic E-state index is 0.0142. The molecule has 5 heteroatoms. The maximum Gasteiger partial charge on any atom is 0.257 e. The van der Waals surface area contributed by atoms with Gasteiger partial charge in [-0.05, 0) is 18.8 Å². The van der Waals surface area contributed by atoms with Crippen LogP contribution in [0.1, 0.15) is 30.1 Å². The van der Waals surface area contributed by atoms with E-state index in [-0.39, 0.29) is 5.91 Å². The zero-order valence-electron chi connectivity index (χ0n) is 13.1. The Morgan fingerprint density at radius 2 is 1.52 bits per heavy atom. The molecule has 5 nitrogen and oxygen atoms in total. The Balaban J connectivity index is 2.31. The number of ether oxygens (including phenoxy) is 3. The molecule has 0 bridgehead atoms. The van der Waals surface area contributed by atoms with Crippen molar-refractivity contribution in [3.63, 3.8) is 0 Å². The van der Waals surface area contributed by atoms with E-state index < -0.39 is 0 Å². The third-order valence-corrected chi connectivity index (χ3v) is 4.01. The second-order valence-electron chi connectivity index (χ2n) is 5.38. The molecule has 1 saturated heterocycles. The summed E-state index contributed by atoms with van der Waals surface area (Å²) in [6, 6.07) is 3.39. The molecule has 0 spiro atoms. The summed E-state index contributed by atoms with van der Waals surface area (Å²) in [7, 11) is 4.67. The van der Waals surface area contributed by atoms with Gasteiger partial charge in [0.25, 0.3) is 5.91 Å². The van der Waals surface area contributed by atoms with Gasteiger partial charge in [0.1, 0.15) is 5.75 Å². The van der Waals surface area contributed by atoms with Crippen molar-refractivity contribution in [3.8, 4) is 17.2 Å². The largest absolute Gasteiger partial charge is 0.496 e. The number of carbonyl (C=O) groups excluding carboxylic acids is 1. The number of benzene rings is 1. The second kappa shape index (κ2) is 6.70. The molecule has 1 aromatic rings. The first kappa shape index (κ1) is 15.5. The summed E-state index contributed by atoms with van der Waals surface area (Å²) >= 11 is 0. The molecule has 1 amide bonds. The summed E-state index contributed by atoms with van der Waals surface area (Å²) in [5.74, 6) is 2.27. The van der Waals surface area contributed by atoms with Crippen LogP contribution in [-0.4, -0.2) is 45.2 Å². The van der Waals surface area contributed by atoms with E-state index in [0.29, 0.717) is 28.7 Å². The lowest BCUT2D eigenvalue weighted by Crippen LogP contribution is -2.38. The molecule has 1 aliphatic rings. The van der Waals surface area contributed by atoms with Crippen molar-refractivity contribution in [3.05, 3.63) is 17.7 Å². The van der Waals surface area contributed by atoms with Gasteiger partial charge in [-0.25, -0.2) is 0 Å². The molecule has 1 fully saturated rings. The third-order valence-electron chi connectivity index (χ3n) is 4.01. The van der Waals surface area contributed by atoms with E-state index in [1.807, 2.05) is 4.90 Å². The Kier molecular flexibility index (Phi) is 4.94. The number of amides is 1. The van der Waals surface area contributed by atoms with Gasteiger partial charge in [0.15, 0.2) is 11.5 Å². The van der Waals surface area contributed by atoms with E-state index in [4.69, 9.17) is 14.2 Å². The Labute approximate surface area is 125 Å². The number of methoxy groups -OCH3 is 3. The van der Waals surface area contributed by atoms with E-state index in [0.717, 1.165) is 25.9 Å². The van der Waals surface area contributed by atoms with E-state index in [2.05, 4.69) is 6.92 Å². The van der Waals surface area contributed by atoms with Crippen LogP contribution in [0.25, 0.3) is 0 Å². The number of carbonyl (C=O) groups is 1. The zero-order valence-corrected chi connectivity index (χ0v) is 13.1. The highest BCUT2D eigenvalue weighted by Crippen LogP contribution is 2.35. The molecule has 0 aromatic heterocycles. The van der Waals surface area contributed by atoms with Crippen molar-refractivity contribution >= 4 is 5.91 Å². The number of hydrogen-bond acceptors (Lipinski definition) is 4. The highest BCUT2D eigenvalue weighted by atomic mass is 16.5. The topological polar surface area (TPSA) is 48.0 Å². The first-order valence-electron chi connectivity index (χ1n) is 7.20. The van der Waals surface area contributed by atoms with Gasteiger partial charge in [-0.15, -0.1) is 0 Å². The molecule has 1 aromatic carbocycles. The lowest BCUT2D eigenvalue weighted by Gasteiger charge is -2.30. The summed E-state index contributed by atoms with van der Waals surface area (Å²) in [5, 5.41) is 0. The number of rotatable bonds is 4. The van der Waals surface area contributed by atoms with E-state index in [1.54, 1.807) is 33.5 Å². The smallest absolute Gasteiger partial charge is 0.257 e. The van der Waals surface area contributed by atoms with Crippen molar-refractivity contribution < 1.29 is 19.0 Å². The van der Waals surface area contributed by atoms with Crippen molar-refractivity contribution in [2.45, 2.75) is 19.8 Å². The summed E-state index contributed by atoms with van der Waals surface area (Å²) < 4.78 is 15.9. The number of nitrogens with zero attached hydrogens (tertiary/aromatic N) is 1.